The molecule has 3 aromatic carbocycles. The van der Waals surface area contributed by atoms with Gasteiger partial charge in [-0.2, -0.15) is 5.10 Å². The highest BCUT2D eigenvalue weighted by Gasteiger charge is 2.20. The van der Waals surface area contributed by atoms with Crippen LogP contribution in [-0.4, -0.2) is 16.7 Å². The van der Waals surface area contributed by atoms with Gasteiger partial charge in [0.1, 0.15) is 5.75 Å². The van der Waals surface area contributed by atoms with E-state index in [1.54, 1.807) is 7.11 Å². The van der Waals surface area contributed by atoms with Gasteiger partial charge in [-0.25, -0.2) is 4.52 Å². The average Bonchev–Trinajstić information content (AvgIpc) is 3.23. The molecule has 2 aromatic heterocycles. The number of hydrogen-bond donors (Lipinski definition) is 0. The Labute approximate surface area is 170 Å². The standard InChI is InChI=1S/C26H22N2O/c1-3-18-17-27-28-25(18)23-12-8-7-11-22(23)24(19-13-15-21(29-2)16-14-19)26(28)20-9-5-4-6-10-20/h4-17H,3H2,1-2H3. The zero-order chi connectivity index (χ0) is 19.8. The smallest absolute Gasteiger partial charge is 0.118 e. The van der Waals surface area contributed by atoms with Gasteiger partial charge < -0.3 is 4.74 Å². The van der Waals surface area contributed by atoms with Gasteiger partial charge in [0.2, 0.25) is 0 Å². The van der Waals surface area contributed by atoms with Crippen molar-refractivity contribution >= 4 is 16.3 Å². The fraction of sp³-hybridized carbons (Fsp3) is 0.115. The van der Waals surface area contributed by atoms with E-state index >= 15 is 0 Å². The molecule has 0 saturated heterocycles. The van der Waals surface area contributed by atoms with Crippen LogP contribution in [0.2, 0.25) is 0 Å². The predicted octanol–water partition coefficient (Wildman–Crippen LogP) is 6.39. The van der Waals surface area contributed by atoms with Crippen molar-refractivity contribution in [3.8, 4) is 28.1 Å². The molecule has 0 N–H and O–H groups in total. The number of methoxy groups -OCH3 is 1. The Morgan fingerprint density at radius 1 is 0.793 bits per heavy atom. The molecule has 29 heavy (non-hydrogen) atoms. The number of aryl methyl sites for hydroxylation is 1. The minimum absolute atomic E-state index is 0.854. The monoisotopic (exact) mass is 378 g/mol. The Morgan fingerprint density at radius 2 is 1.48 bits per heavy atom. The summed E-state index contributed by atoms with van der Waals surface area (Å²) < 4.78 is 7.50. The van der Waals surface area contributed by atoms with Crippen LogP contribution in [0.1, 0.15) is 12.5 Å². The van der Waals surface area contributed by atoms with Gasteiger partial charge in [-0.05, 0) is 35.1 Å². The Hall–Kier alpha value is -3.59. The van der Waals surface area contributed by atoms with E-state index < -0.39 is 0 Å². The van der Waals surface area contributed by atoms with E-state index in [0.29, 0.717) is 0 Å². The number of benzene rings is 3. The third kappa shape index (κ3) is 2.78. The molecule has 3 heteroatoms. The number of nitrogens with zero attached hydrogens (tertiary/aromatic N) is 2. The molecule has 0 spiro atoms. The first-order valence-electron chi connectivity index (χ1n) is 9.93. The number of aromatic nitrogens is 2. The molecule has 0 atom stereocenters. The summed E-state index contributed by atoms with van der Waals surface area (Å²) >= 11 is 0. The minimum atomic E-state index is 0.854. The van der Waals surface area contributed by atoms with Crippen molar-refractivity contribution in [3.05, 3.63) is 90.6 Å². The lowest BCUT2D eigenvalue weighted by atomic mass is 9.92. The Balaban J connectivity index is 1.98. The molecule has 0 amide bonds. The average molecular weight is 378 g/mol. The maximum Gasteiger partial charge on any atom is 0.118 e. The summed E-state index contributed by atoms with van der Waals surface area (Å²) in [5, 5.41) is 7.29. The first kappa shape index (κ1) is 17.5. The first-order chi connectivity index (χ1) is 14.3. The normalized spacial score (nSPS) is 11.2. The van der Waals surface area contributed by atoms with E-state index in [-0.39, 0.29) is 0 Å². The molecule has 0 aliphatic heterocycles. The fourth-order valence-corrected chi connectivity index (χ4v) is 4.15. The molecule has 0 aliphatic carbocycles. The lowest BCUT2D eigenvalue weighted by Crippen LogP contribution is -2.00. The third-order valence-corrected chi connectivity index (χ3v) is 5.55. The second-order valence-corrected chi connectivity index (χ2v) is 7.15. The summed E-state index contributed by atoms with van der Waals surface area (Å²) in [4.78, 5) is 0. The van der Waals surface area contributed by atoms with Crippen LogP contribution >= 0.6 is 0 Å². The molecule has 3 nitrogen and oxygen atoms in total. The molecule has 5 aromatic rings. The van der Waals surface area contributed by atoms with Crippen LogP contribution in [0, 0.1) is 0 Å². The molecular formula is C26H22N2O. The number of fused-ring (bicyclic) bond motifs is 3. The maximum atomic E-state index is 5.38. The number of hydrogen-bond acceptors (Lipinski definition) is 2. The van der Waals surface area contributed by atoms with Crippen LogP contribution in [0.3, 0.4) is 0 Å². The van der Waals surface area contributed by atoms with Gasteiger partial charge in [-0.3, -0.25) is 0 Å². The summed E-state index contributed by atoms with van der Waals surface area (Å²) in [5.41, 5.74) is 7.06. The van der Waals surface area contributed by atoms with Crippen molar-refractivity contribution in [1.29, 1.82) is 0 Å². The molecule has 0 bridgehead atoms. The molecule has 5 rings (SSSR count). The Morgan fingerprint density at radius 3 is 2.17 bits per heavy atom. The van der Waals surface area contributed by atoms with Gasteiger partial charge in [-0.15, -0.1) is 0 Å². The lowest BCUT2D eigenvalue weighted by molar-refractivity contribution is 0.415. The maximum absolute atomic E-state index is 5.38. The van der Waals surface area contributed by atoms with E-state index in [4.69, 9.17) is 9.84 Å². The van der Waals surface area contributed by atoms with Crippen molar-refractivity contribution in [2.24, 2.45) is 0 Å². The van der Waals surface area contributed by atoms with Crippen molar-refractivity contribution in [2.45, 2.75) is 13.3 Å². The molecule has 2 heterocycles. The fourth-order valence-electron chi connectivity index (χ4n) is 4.15. The van der Waals surface area contributed by atoms with E-state index in [1.807, 2.05) is 18.3 Å². The van der Waals surface area contributed by atoms with Crippen LogP contribution < -0.4 is 4.74 Å². The van der Waals surface area contributed by atoms with E-state index in [1.165, 1.54) is 27.4 Å². The summed E-state index contributed by atoms with van der Waals surface area (Å²) in [6, 6.07) is 27.5. The number of ether oxygens (including phenoxy) is 1. The molecule has 0 aliphatic rings. The van der Waals surface area contributed by atoms with E-state index in [9.17, 15) is 0 Å². The van der Waals surface area contributed by atoms with Crippen LogP contribution in [-0.2, 0) is 6.42 Å². The first-order valence-corrected chi connectivity index (χ1v) is 9.93. The molecule has 0 unspecified atom stereocenters. The van der Waals surface area contributed by atoms with Crippen LogP contribution in [0.5, 0.6) is 5.75 Å². The highest BCUT2D eigenvalue weighted by molar-refractivity contribution is 6.10. The molecule has 0 saturated carbocycles. The quantitative estimate of drug-likeness (QED) is 0.362. The lowest BCUT2D eigenvalue weighted by Gasteiger charge is -2.17. The van der Waals surface area contributed by atoms with Gasteiger partial charge >= 0.3 is 0 Å². The van der Waals surface area contributed by atoms with Crippen molar-refractivity contribution in [3.63, 3.8) is 0 Å². The molecule has 0 fully saturated rings. The SMILES string of the molecule is CCc1cnn2c(-c3ccccc3)c(-c3ccc(OC)cc3)c3ccccc3c12. The van der Waals surface area contributed by atoms with Crippen molar-refractivity contribution in [2.75, 3.05) is 7.11 Å². The van der Waals surface area contributed by atoms with Crippen molar-refractivity contribution in [1.82, 2.24) is 9.61 Å². The van der Waals surface area contributed by atoms with Gasteiger partial charge in [0.25, 0.3) is 0 Å². The van der Waals surface area contributed by atoms with E-state index in [2.05, 4.69) is 78.2 Å². The largest absolute Gasteiger partial charge is 0.497 e. The van der Waals surface area contributed by atoms with Crippen LogP contribution in [0.4, 0.5) is 0 Å². The Bertz CT molecular complexity index is 1300. The Kier molecular flexibility index (Phi) is 4.28. The van der Waals surface area contributed by atoms with Gasteiger partial charge in [-0.1, -0.05) is 73.7 Å². The second kappa shape index (κ2) is 7.10. The van der Waals surface area contributed by atoms with Crippen molar-refractivity contribution < 1.29 is 4.74 Å². The topological polar surface area (TPSA) is 26.5 Å². The van der Waals surface area contributed by atoms with Crippen LogP contribution in [0.25, 0.3) is 38.7 Å². The van der Waals surface area contributed by atoms with Gasteiger partial charge in [0.05, 0.1) is 24.5 Å². The zero-order valence-electron chi connectivity index (χ0n) is 16.6. The van der Waals surface area contributed by atoms with Gasteiger partial charge in [0.15, 0.2) is 0 Å². The van der Waals surface area contributed by atoms with Crippen LogP contribution in [0.15, 0.2) is 85.1 Å². The molecule has 0 radical (unpaired) electrons. The van der Waals surface area contributed by atoms with E-state index in [0.717, 1.165) is 29.0 Å². The zero-order valence-corrected chi connectivity index (χ0v) is 16.6. The molecule has 142 valence electrons. The summed E-state index contributed by atoms with van der Waals surface area (Å²) in [7, 11) is 1.70. The number of rotatable bonds is 4. The minimum Gasteiger partial charge on any atom is -0.497 e. The second-order valence-electron chi connectivity index (χ2n) is 7.15. The third-order valence-electron chi connectivity index (χ3n) is 5.55. The summed E-state index contributed by atoms with van der Waals surface area (Å²) in [6.07, 6.45) is 2.95. The summed E-state index contributed by atoms with van der Waals surface area (Å²) in [5.74, 6) is 0.854. The van der Waals surface area contributed by atoms with Gasteiger partial charge in [0, 0.05) is 16.5 Å². The highest BCUT2D eigenvalue weighted by atomic mass is 16.5. The highest BCUT2D eigenvalue weighted by Crippen LogP contribution is 2.41. The number of pyridine rings is 1. The molecular weight excluding hydrogens is 356 g/mol. The predicted molar refractivity (Wildman–Crippen MR) is 120 cm³/mol. The summed E-state index contributed by atoms with van der Waals surface area (Å²) in [6.45, 7) is 2.19.